The van der Waals surface area contributed by atoms with Crippen LogP contribution in [0.3, 0.4) is 0 Å². The van der Waals surface area contributed by atoms with Gasteiger partial charge < -0.3 is 0 Å². The molecule has 3 aromatic carbocycles. The first-order chi connectivity index (χ1) is 17.2. The fourth-order valence-electron chi connectivity index (χ4n) is 5.54. The van der Waals surface area contributed by atoms with E-state index in [2.05, 4.69) is 108 Å². The molecule has 0 N–H and O–H groups in total. The summed E-state index contributed by atoms with van der Waals surface area (Å²) >= 11 is 1.91. The van der Waals surface area contributed by atoms with Crippen molar-refractivity contribution in [2.24, 2.45) is 0 Å². The number of aryl methyl sites for hydroxylation is 2. The van der Waals surface area contributed by atoms with E-state index >= 15 is 0 Å². The van der Waals surface area contributed by atoms with Gasteiger partial charge in [0.15, 0.2) is 0 Å². The minimum Gasteiger partial charge on any atom is -0.255 e. The Morgan fingerprint density at radius 1 is 0.861 bits per heavy atom. The van der Waals surface area contributed by atoms with Crippen LogP contribution in [0.2, 0.25) is 19.6 Å². The average molecular weight is 508 g/mol. The normalized spacial score (nSPS) is 12.2. The highest BCUT2D eigenvalue weighted by Gasteiger charge is 2.21. The Morgan fingerprint density at radius 2 is 1.61 bits per heavy atom. The van der Waals surface area contributed by atoms with E-state index < -0.39 is 8.07 Å². The van der Waals surface area contributed by atoms with E-state index in [1.54, 1.807) is 0 Å². The fourth-order valence-corrected chi connectivity index (χ4v) is 8.18. The van der Waals surface area contributed by atoms with Crippen molar-refractivity contribution in [1.82, 2.24) is 4.98 Å². The molecule has 0 aliphatic heterocycles. The van der Waals surface area contributed by atoms with Gasteiger partial charge in [0.25, 0.3) is 0 Å². The molecule has 2 heterocycles. The largest absolute Gasteiger partial charge is 0.255 e. The van der Waals surface area contributed by atoms with Crippen LogP contribution in [-0.4, -0.2) is 13.1 Å². The molecule has 0 amide bonds. The second kappa shape index (κ2) is 9.61. The molecule has 0 fully saturated rings. The predicted octanol–water partition coefficient (Wildman–Crippen LogP) is 9.85. The highest BCUT2D eigenvalue weighted by molar-refractivity contribution is 7.23. The van der Waals surface area contributed by atoms with Crippen LogP contribution in [-0.2, 0) is 0 Å². The molecule has 0 saturated carbocycles. The fraction of sp³-hybridized carbons (Fsp3) is 0.303. The molecule has 3 heteroatoms. The lowest BCUT2D eigenvalue weighted by molar-refractivity contribution is 0.647. The van der Waals surface area contributed by atoms with E-state index in [-0.39, 0.29) is 0 Å². The maximum atomic E-state index is 4.97. The molecule has 0 spiro atoms. The summed E-state index contributed by atoms with van der Waals surface area (Å²) in [6, 6.07) is 22.9. The summed E-state index contributed by atoms with van der Waals surface area (Å²) in [5.74, 6) is 0.558. The van der Waals surface area contributed by atoms with Crippen molar-refractivity contribution in [2.45, 2.75) is 66.1 Å². The summed E-state index contributed by atoms with van der Waals surface area (Å²) in [6.45, 7) is 16.4. The maximum absolute atomic E-state index is 4.97. The molecule has 0 bridgehead atoms. The summed E-state index contributed by atoms with van der Waals surface area (Å²) in [5.41, 5.74) is 7.90. The minimum atomic E-state index is -1.34. The Labute approximate surface area is 221 Å². The van der Waals surface area contributed by atoms with Crippen molar-refractivity contribution in [2.75, 3.05) is 0 Å². The lowest BCUT2D eigenvalue weighted by atomic mass is 9.87. The number of hydrogen-bond donors (Lipinski definition) is 0. The lowest BCUT2D eigenvalue weighted by Gasteiger charge is -2.18. The molecule has 36 heavy (non-hydrogen) atoms. The standard InChI is InChI=1S/C33H37NSSi/c1-8-23(9-2)30-20-25(19-24-12-10-11-13-29(24)30)31-33-28(16-17-34-31)22(4)32(35-33)27-15-14-26(18-21(27)3)36(5,6)7/h10-20,23H,8-9H2,1-7H3. The van der Waals surface area contributed by atoms with Crippen molar-refractivity contribution in [3.63, 3.8) is 0 Å². The van der Waals surface area contributed by atoms with Gasteiger partial charge in [0.2, 0.25) is 0 Å². The Hall–Kier alpha value is -2.75. The van der Waals surface area contributed by atoms with Gasteiger partial charge in [-0.25, -0.2) is 0 Å². The quantitative estimate of drug-likeness (QED) is 0.208. The summed E-state index contributed by atoms with van der Waals surface area (Å²) in [5, 5.41) is 5.53. The molecular weight excluding hydrogens is 471 g/mol. The van der Waals surface area contributed by atoms with E-state index in [4.69, 9.17) is 4.98 Å². The molecular formula is C33H37NSSi. The molecule has 184 valence electrons. The summed E-state index contributed by atoms with van der Waals surface area (Å²) < 4.78 is 1.30. The number of rotatable bonds is 6. The Balaban J connectivity index is 1.71. The lowest BCUT2D eigenvalue weighted by Crippen LogP contribution is -2.37. The smallest absolute Gasteiger partial charge is 0.0880 e. The van der Waals surface area contributed by atoms with Crippen LogP contribution in [0.5, 0.6) is 0 Å². The van der Waals surface area contributed by atoms with Gasteiger partial charge in [-0.1, -0.05) is 81.1 Å². The number of aromatic nitrogens is 1. The van der Waals surface area contributed by atoms with Crippen LogP contribution in [0.15, 0.2) is 66.9 Å². The molecule has 5 rings (SSSR count). The van der Waals surface area contributed by atoms with Crippen molar-refractivity contribution in [3.8, 4) is 21.7 Å². The third kappa shape index (κ3) is 4.33. The third-order valence-electron chi connectivity index (χ3n) is 7.78. The highest BCUT2D eigenvalue weighted by Crippen LogP contribution is 2.44. The molecule has 0 aliphatic carbocycles. The molecule has 1 nitrogen and oxygen atoms in total. The minimum absolute atomic E-state index is 0.558. The number of fused-ring (bicyclic) bond motifs is 2. The summed E-state index contributed by atoms with van der Waals surface area (Å²) in [6.07, 6.45) is 4.29. The molecule has 0 atom stereocenters. The zero-order valence-corrected chi connectivity index (χ0v) is 24.5. The number of nitrogens with zero attached hydrogens (tertiary/aromatic N) is 1. The number of thiophene rings is 1. The van der Waals surface area contributed by atoms with Crippen LogP contribution in [0.1, 0.15) is 49.3 Å². The second-order valence-electron chi connectivity index (χ2n) is 11.2. The van der Waals surface area contributed by atoms with Gasteiger partial charge in [-0.05, 0) is 89.2 Å². The van der Waals surface area contributed by atoms with Gasteiger partial charge in [0, 0.05) is 16.6 Å². The summed E-state index contributed by atoms with van der Waals surface area (Å²) in [4.78, 5) is 6.34. The number of benzene rings is 3. The average Bonchev–Trinajstić information content (AvgIpc) is 3.20. The Bertz CT molecular complexity index is 1570. The highest BCUT2D eigenvalue weighted by atomic mass is 32.1. The molecule has 0 unspecified atom stereocenters. The van der Waals surface area contributed by atoms with Crippen molar-refractivity contribution >= 4 is 45.5 Å². The SMILES string of the molecule is CCC(CC)c1cc(-c2nccc3c(C)c(-c4ccc([Si](C)(C)C)cc4C)sc23)cc2ccccc12. The van der Waals surface area contributed by atoms with Gasteiger partial charge in [-0.15, -0.1) is 11.3 Å². The van der Waals surface area contributed by atoms with Crippen LogP contribution in [0.4, 0.5) is 0 Å². The summed E-state index contributed by atoms with van der Waals surface area (Å²) in [7, 11) is -1.34. The topological polar surface area (TPSA) is 12.9 Å². The van der Waals surface area contributed by atoms with Gasteiger partial charge in [0.1, 0.15) is 0 Å². The first kappa shape index (κ1) is 24.9. The van der Waals surface area contributed by atoms with Gasteiger partial charge in [-0.3, -0.25) is 4.98 Å². The molecule has 0 aliphatic rings. The first-order valence-electron chi connectivity index (χ1n) is 13.3. The zero-order valence-electron chi connectivity index (χ0n) is 22.7. The molecule has 2 aromatic heterocycles. The second-order valence-corrected chi connectivity index (χ2v) is 17.3. The zero-order chi connectivity index (χ0) is 25.6. The van der Waals surface area contributed by atoms with E-state index in [1.165, 1.54) is 58.7 Å². The Kier molecular flexibility index (Phi) is 6.65. The van der Waals surface area contributed by atoms with E-state index in [0.29, 0.717) is 5.92 Å². The number of hydrogen-bond acceptors (Lipinski definition) is 2. The molecule has 5 aromatic rings. The van der Waals surface area contributed by atoms with E-state index in [0.717, 1.165) is 18.5 Å². The van der Waals surface area contributed by atoms with Gasteiger partial charge >= 0.3 is 0 Å². The third-order valence-corrected chi connectivity index (χ3v) is 11.2. The van der Waals surface area contributed by atoms with Crippen LogP contribution >= 0.6 is 11.3 Å². The van der Waals surface area contributed by atoms with E-state index in [1.807, 2.05) is 17.5 Å². The van der Waals surface area contributed by atoms with Crippen LogP contribution in [0.25, 0.3) is 42.6 Å². The van der Waals surface area contributed by atoms with Crippen molar-refractivity contribution < 1.29 is 0 Å². The monoisotopic (exact) mass is 507 g/mol. The molecule has 0 saturated heterocycles. The van der Waals surface area contributed by atoms with Crippen molar-refractivity contribution in [1.29, 1.82) is 0 Å². The predicted molar refractivity (Wildman–Crippen MR) is 164 cm³/mol. The maximum Gasteiger partial charge on any atom is 0.0880 e. The Morgan fingerprint density at radius 3 is 2.31 bits per heavy atom. The van der Waals surface area contributed by atoms with Crippen LogP contribution in [0, 0.1) is 13.8 Å². The molecule has 0 radical (unpaired) electrons. The van der Waals surface area contributed by atoms with Gasteiger partial charge in [0.05, 0.1) is 18.5 Å². The first-order valence-corrected chi connectivity index (χ1v) is 17.6. The number of pyridine rings is 1. The van der Waals surface area contributed by atoms with Gasteiger partial charge in [-0.2, -0.15) is 0 Å². The van der Waals surface area contributed by atoms with E-state index in [9.17, 15) is 0 Å². The van der Waals surface area contributed by atoms with Crippen LogP contribution < -0.4 is 5.19 Å². The van der Waals surface area contributed by atoms with Crippen molar-refractivity contribution in [3.05, 3.63) is 83.6 Å².